The van der Waals surface area contributed by atoms with Gasteiger partial charge in [-0.15, -0.1) is 0 Å². The van der Waals surface area contributed by atoms with Crippen LogP contribution in [0.5, 0.6) is 0 Å². The summed E-state index contributed by atoms with van der Waals surface area (Å²) >= 11 is 0. The molecule has 0 radical (unpaired) electrons. The number of benzene rings is 8. The van der Waals surface area contributed by atoms with Gasteiger partial charge in [-0.2, -0.15) is 0 Å². The second-order valence-corrected chi connectivity index (χ2v) is 15.0. The summed E-state index contributed by atoms with van der Waals surface area (Å²) in [6.45, 7) is 0. The molecule has 12 rings (SSSR count). The molecule has 1 aliphatic rings. The maximum absolute atomic E-state index is 6.53. The summed E-state index contributed by atoms with van der Waals surface area (Å²) in [5.74, 6) is 0. The van der Waals surface area contributed by atoms with Gasteiger partial charge < -0.3 is 13.6 Å². The topological polar surface area (TPSA) is 59.1 Å². The molecule has 6 nitrogen and oxygen atoms in total. The van der Waals surface area contributed by atoms with E-state index in [1.807, 2.05) is 0 Å². The van der Waals surface area contributed by atoms with Gasteiger partial charge >= 0.3 is 0 Å². The summed E-state index contributed by atoms with van der Waals surface area (Å²) in [6.07, 6.45) is -0.158. The molecule has 1 aliphatic heterocycles. The van der Waals surface area contributed by atoms with Crippen molar-refractivity contribution in [2.24, 2.45) is 0 Å². The molecular formula is C51H37N5O. The van der Waals surface area contributed by atoms with Crippen LogP contribution in [0.2, 0.25) is 0 Å². The Morgan fingerprint density at radius 2 is 0.772 bits per heavy atom. The summed E-state index contributed by atoms with van der Waals surface area (Å²) in [4.78, 5) is 0. The average Bonchev–Trinajstić information content (AvgIpc) is 3.95. The molecular weight excluding hydrogens is 699 g/mol. The van der Waals surface area contributed by atoms with Gasteiger partial charge in [0, 0.05) is 43.7 Å². The van der Waals surface area contributed by atoms with Crippen molar-refractivity contribution in [3.8, 4) is 11.4 Å². The zero-order valence-corrected chi connectivity index (χ0v) is 30.9. The fourth-order valence-electron chi connectivity index (χ4n) is 9.33. The number of para-hydroxylation sites is 3. The molecule has 0 spiro atoms. The number of rotatable bonds is 5. The Labute approximate surface area is 328 Å². The van der Waals surface area contributed by atoms with Gasteiger partial charge in [-0.25, -0.2) is 0 Å². The van der Waals surface area contributed by atoms with Crippen LogP contribution in [0.25, 0.3) is 76.9 Å². The highest BCUT2D eigenvalue weighted by Crippen LogP contribution is 2.46. The number of nitrogens with one attached hydrogen (secondary N) is 3. The summed E-state index contributed by atoms with van der Waals surface area (Å²) in [6, 6.07) is 67.2. The molecule has 2 atom stereocenters. The SMILES string of the molecule is c1ccc(C2NC(c3ccccc3)NC(c3ccc(-n4c5ccc6oc7ccccc7c6c5c5c6c7ccccc7n(-c7ccccc7)c6ccc54)cc3)N2)cc1. The van der Waals surface area contributed by atoms with Crippen molar-refractivity contribution in [3.63, 3.8) is 0 Å². The number of fused-ring (bicyclic) bond motifs is 11. The van der Waals surface area contributed by atoms with E-state index in [9.17, 15) is 0 Å². The molecule has 3 N–H and O–H groups in total. The minimum atomic E-state index is -0.0884. The fourth-order valence-corrected chi connectivity index (χ4v) is 9.33. The van der Waals surface area contributed by atoms with Crippen molar-refractivity contribution in [1.82, 2.24) is 25.1 Å². The predicted octanol–water partition coefficient (Wildman–Crippen LogP) is 12.0. The number of hydrogen-bond donors (Lipinski definition) is 3. The maximum Gasteiger partial charge on any atom is 0.136 e. The zero-order valence-electron chi connectivity index (χ0n) is 30.9. The molecule has 11 aromatic rings. The Kier molecular flexibility index (Phi) is 7.25. The third-order valence-electron chi connectivity index (χ3n) is 11.8. The van der Waals surface area contributed by atoms with E-state index in [-0.39, 0.29) is 18.5 Å². The van der Waals surface area contributed by atoms with Gasteiger partial charge in [-0.05, 0) is 77.4 Å². The first-order valence-corrected chi connectivity index (χ1v) is 19.6. The third-order valence-corrected chi connectivity index (χ3v) is 11.8. The van der Waals surface area contributed by atoms with E-state index in [0.29, 0.717) is 0 Å². The van der Waals surface area contributed by atoms with E-state index in [1.54, 1.807) is 0 Å². The van der Waals surface area contributed by atoms with Crippen molar-refractivity contribution in [2.75, 3.05) is 0 Å². The van der Waals surface area contributed by atoms with E-state index in [4.69, 9.17) is 4.42 Å². The molecule has 0 amide bonds. The van der Waals surface area contributed by atoms with Crippen molar-refractivity contribution >= 4 is 65.6 Å². The van der Waals surface area contributed by atoms with Crippen molar-refractivity contribution in [2.45, 2.75) is 18.5 Å². The minimum absolute atomic E-state index is 0.0349. The first kappa shape index (κ1) is 32.3. The van der Waals surface area contributed by atoms with Crippen LogP contribution in [-0.2, 0) is 0 Å². The fraction of sp³-hybridized carbons (Fsp3) is 0.0588. The monoisotopic (exact) mass is 735 g/mol. The van der Waals surface area contributed by atoms with E-state index in [0.717, 1.165) is 44.3 Å². The summed E-state index contributed by atoms with van der Waals surface area (Å²) in [7, 11) is 0. The number of aromatic nitrogens is 2. The van der Waals surface area contributed by atoms with Crippen LogP contribution in [0.1, 0.15) is 35.2 Å². The molecule has 4 heterocycles. The molecule has 0 saturated carbocycles. The maximum atomic E-state index is 6.53. The summed E-state index contributed by atoms with van der Waals surface area (Å²) < 4.78 is 11.4. The molecule has 1 fully saturated rings. The largest absolute Gasteiger partial charge is 0.456 e. The zero-order chi connectivity index (χ0) is 37.5. The molecule has 57 heavy (non-hydrogen) atoms. The Morgan fingerprint density at radius 3 is 1.42 bits per heavy atom. The third kappa shape index (κ3) is 5.02. The standard InChI is InChI=1S/C51H37N5O/c1-4-14-32(15-5-1)49-52-50(33-16-6-2-7-17-33)54-51(53-49)34-24-26-36(27-25-34)56-41-29-28-40-45(37-20-10-12-22-39(37)55(40)35-18-8-3-9-19-35)47(41)48-42(56)30-31-44-46(48)38-21-11-13-23-43(38)57-44/h1-31,49-54H. The average molecular weight is 736 g/mol. The van der Waals surface area contributed by atoms with Gasteiger partial charge in [0.25, 0.3) is 0 Å². The van der Waals surface area contributed by atoms with Crippen molar-refractivity contribution in [1.29, 1.82) is 0 Å². The highest BCUT2D eigenvalue weighted by Gasteiger charge is 2.30. The highest BCUT2D eigenvalue weighted by molar-refractivity contribution is 6.35. The number of hydrogen-bond acceptors (Lipinski definition) is 4. The van der Waals surface area contributed by atoms with E-state index >= 15 is 0 Å². The minimum Gasteiger partial charge on any atom is -0.456 e. The molecule has 8 aromatic carbocycles. The van der Waals surface area contributed by atoms with Gasteiger partial charge in [0.1, 0.15) is 11.2 Å². The Hall–Kier alpha value is -6.96. The molecule has 272 valence electrons. The van der Waals surface area contributed by atoms with Gasteiger partial charge in [0.15, 0.2) is 0 Å². The second kappa shape index (κ2) is 12.8. The van der Waals surface area contributed by atoms with Crippen LogP contribution in [0.3, 0.4) is 0 Å². The van der Waals surface area contributed by atoms with Crippen LogP contribution in [-0.4, -0.2) is 9.13 Å². The molecule has 3 aromatic heterocycles. The molecule has 1 saturated heterocycles. The van der Waals surface area contributed by atoms with Gasteiger partial charge in [-0.1, -0.05) is 127 Å². The smallest absolute Gasteiger partial charge is 0.136 e. The first-order chi connectivity index (χ1) is 28.3. The van der Waals surface area contributed by atoms with Gasteiger partial charge in [0.05, 0.1) is 40.6 Å². The van der Waals surface area contributed by atoms with E-state index < -0.39 is 0 Å². The Bertz CT molecular complexity index is 3230. The first-order valence-electron chi connectivity index (χ1n) is 19.6. The van der Waals surface area contributed by atoms with Crippen LogP contribution < -0.4 is 16.0 Å². The van der Waals surface area contributed by atoms with Crippen LogP contribution in [0.4, 0.5) is 0 Å². The molecule has 2 unspecified atom stereocenters. The lowest BCUT2D eigenvalue weighted by Crippen LogP contribution is -2.54. The molecule has 0 aliphatic carbocycles. The summed E-state index contributed by atoms with van der Waals surface area (Å²) in [5.41, 5.74) is 12.3. The normalized spacial score (nSPS) is 17.4. The van der Waals surface area contributed by atoms with E-state index in [2.05, 4.69) is 213 Å². The lowest BCUT2D eigenvalue weighted by molar-refractivity contribution is 0.203. The lowest BCUT2D eigenvalue weighted by atomic mass is 10.0. The van der Waals surface area contributed by atoms with Crippen LogP contribution in [0.15, 0.2) is 192 Å². The van der Waals surface area contributed by atoms with Crippen molar-refractivity contribution < 1.29 is 4.42 Å². The van der Waals surface area contributed by atoms with Crippen LogP contribution >= 0.6 is 0 Å². The Balaban J connectivity index is 1.07. The second-order valence-electron chi connectivity index (χ2n) is 15.0. The van der Waals surface area contributed by atoms with Gasteiger partial charge in [-0.3, -0.25) is 16.0 Å². The number of nitrogens with zero attached hydrogens (tertiary/aromatic N) is 2. The molecule has 6 heteroatoms. The Morgan fingerprint density at radius 1 is 0.316 bits per heavy atom. The van der Waals surface area contributed by atoms with Crippen LogP contribution in [0, 0.1) is 0 Å². The lowest BCUT2D eigenvalue weighted by Gasteiger charge is -2.39. The quantitative estimate of drug-likeness (QED) is 0.165. The number of furan rings is 1. The van der Waals surface area contributed by atoms with Gasteiger partial charge in [0.2, 0.25) is 0 Å². The molecule has 0 bridgehead atoms. The van der Waals surface area contributed by atoms with Crippen molar-refractivity contribution in [3.05, 3.63) is 205 Å². The highest BCUT2D eigenvalue weighted by atomic mass is 16.3. The summed E-state index contributed by atoms with van der Waals surface area (Å²) in [5, 5.41) is 18.7. The predicted molar refractivity (Wildman–Crippen MR) is 233 cm³/mol. The van der Waals surface area contributed by atoms with E-state index in [1.165, 1.54) is 49.3 Å².